The standard InChI is InChI=1S/C14H20N4O3S/c1-8(2)18-6-10(5-13(18)21)16-12(20)7-22-14-15-9(3)4-11(19)17-14/h4,8,10H,5-7H2,1-3H3,(H,16,20)(H,15,17,19)/t10-/m1/s1. The topological polar surface area (TPSA) is 95.2 Å². The molecule has 1 aromatic rings. The van der Waals surface area contributed by atoms with E-state index >= 15 is 0 Å². The Kier molecular flexibility index (Phi) is 5.23. The number of nitrogens with one attached hydrogen (secondary N) is 2. The van der Waals surface area contributed by atoms with Gasteiger partial charge in [-0.1, -0.05) is 11.8 Å². The molecule has 0 aromatic carbocycles. The van der Waals surface area contributed by atoms with E-state index in [0.29, 0.717) is 23.8 Å². The number of carbonyl (C=O) groups excluding carboxylic acids is 2. The highest BCUT2D eigenvalue weighted by Crippen LogP contribution is 2.15. The lowest BCUT2D eigenvalue weighted by molar-refractivity contribution is -0.129. The van der Waals surface area contributed by atoms with Gasteiger partial charge in [0, 0.05) is 30.8 Å². The molecule has 0 radical (unpaired) electrons. The summed E-state index contributed by atoms with van der Waals surface area (Å²) in [6.07, 6.45) is 0.341. The van der Waals surface area contributed by atoms with Crippen LogP contribution >= 0.6 is 11.8 Å². The van der Waals surface area contributed by atoms with Gasteiger partial charge in [-0.25, -0.2) is 4.98 Å². The van der Waals surface area contributed by atoms with Crippen LogP contribution in [0.25, 0.3) is 0 Å². The zero-order chi connectivity index (χ0) is 16.3. The van der Waals surface area contributed by atoms with Crippen LogP contribution in [0.4, 0.5) is 0 Å². The molecule has 1 saturated heterocycles. The van der Waals surface area contributed by atoms with Crippen LogP contribution in [0.1, 0.15) is 26.0 Å². The van der Waals surface area contributed by atoms with Crippen molar-refractivity contribution in [2.75, 3.05) is 12.3 Å². The molecule has 2 N–H and O–H groups in total. The number of nitrogens with zero attached hydrogens (tertiary/aromatic N) is 2. The highest BCUT2D eigenvalue weighted by molar-refractivity contribution is 7.99. The lowest BCUT2D eigenvalue weighted by Gasteiger charge is -2.21. The molecule has 0 bridgehead atoms. The zero-order valence-electron chi connectivity index (χ0n) is 12.9. The Labute approximate surface area is 132 Å². The van der Waals surface area contributed by atoms with Crippen molar-refractivity contribution >= 4 is 23.6 Å². The Hall–Kier alpha value is -1.83. The van der Waals surface area contributed by atoms with Crippen LogP contribution in [0.2, 0.25) is 0 Å². The molecular weight excluding hydrogens is 304 g/mol. The van der Waals surface area contributed by atoms with Crippen molar-refractivity contribution in [3.8, 4) is 0 Å². The van der Waals surface area contributed by atoms with Crippen molar-refractivity contribution in [1.82, 2.24) is 20.2 Å². The third-order valence-corrected chi connectivity index (χ3v) is 4.21. The molecule has 2 heterocycles. The van der Waals surface area contributed by atoms with E-state index in [0.717, 1.165) is 0 Å². The first-order valence-corrected chi connectivity index (χ1v) is 8.13. The average Bonchev–Trinajstić information content (AvgIpc) is 2.76. The number of carbonyl (C=O) groups is 2. The van der Waals surface area contributed by atoms with Gasteiger partial charge < -0.3 is 15.2 Å². The average molecular weight is 324 g/mol. The van der Waals surface area contributed by atoms with Crippen molar-refractivity contribution in [3.05, 3.63) is 22.1 Å². The van der Waals surface area contributed by atoms with E-state index in [1.807, 2.05) is 13.8 Å². The van der Waals surface area contributed by atoms with Crippen molar-refractivity contribution < 1.29 is 9.59 Å². The van der Waals surface area contributed by atoms with Gasteiger partial charge >= 0.3 is 0 Å². The zero-order valence-corrected chi connectivity index (χ0v) is 13.7. The number of rotatable bonds is 5. The van der Waals surface area contributed by atoms with Crippen molar-refractivity contribution in [2.45, 2.75) is 44.4 Å². The minimum atomic E-state index is -0.232. The predicted molar refractivity (Wildman–Crippen MR) is 83.7 cm³/mol. The summed E-state index contributed by atoms with van der Waals surface area (Å²) in [7, 11) is 0. The van der Waals surface area contributed by atoms with Crippen molar-refractivity contribution in [3.63, 3.8) is 0 Å². The fourth-order valence-electron chi connectivity index (χ4n) is 2.35. The molecule has 22 heavy (non-hydrogen) atoms. The highest BCUT2D eigenvalue weighted by Gasteiger charge is 2.31. The fourth-order valence-corrected chi connectivity index (χ4v) is 3.08. The molecule has 0 saturated carbocycles. The normalized spacial score (nSPS) is 18.1. The number of likely N-dealkylation sites (tertiary alicyclic amines) is 1. The Morgan fingerprint density at radius 1 is 1.55 bits per heavy atom. The number of thioether (sulfide) groups is 1. The molecular formula is C14H20N4O3S. The van der Waals surface area contributed by atoms with Crippen LogP contribution in [0.3, 0.4) is 0 Å². The SMILES string of the molecule is Cc1cc(=O)[nH]c(SCC(=O)N[C@@H]2CC(=O)N(C(C)C)C2)n1. The highest BCUT2D eigenvalue weighted by atomic mass is 32.2. The summed E-state index contributed by atoms with van der Waals surface area (Å²) < 4.78 is 0. The largest absolute Gasteiger partial charge is 0.350 e. The van der Waals surface area contributed by atoms with E-state index in [4.69, 9.17) is 0 Å². The summed E-state index contributed by atoms with van der Waals surface area (Å²) in [6, 6.07) is 1.40. The summed E-state index contributed by atoms with van der Waals surface area (Å²) in [5, 5.41) is 3.27. The number of hydrogen-bond acceptors (Lipinski definition) is 5. The van der Waals surface area contributed by atoms with E-state index in [9.17, 15) is 14.4 Å². The van der Waals surface area contributed by atoms with E-state index < -0.39 is 0 Å². The predicted octanol–water partition coefficient (Wildman–Crippen LogP) is 0.296. The van der Waals surface area contributed by atoms with Gasteiger partial charge in [0.25, 0.3) is 5.56 Å². The molecule has 1 aromatic heterocycles. The van der Waals surface area contributed by atoms with Crippen LogP contribution in [0.15, 0.2) is 16.0 Å². The summed E-state index contributed by atoms with van der Waals surface area (Å²) in [5.74, 6) is 0.0499. The minimum Gasteiger partial charge on any atom is -0.350 e. The number of H-pyrrole nitrogens is 1. The second-order valence-electron chi connectivity index (χ2n) is 5.59. The van der Waals surface area contributed by atoms with Crippen LogP contribution in [0, 0.1) is 6.92 Å². The molecule has 0 spiro atoms. The number of aromatic amines is 1. The lowest BCUT2D eigenvalue weighted by atomic mass is 10.2. The second kappa shape index (κ2) is 6.95. The van der Waals surface area contributed by atoms with Crippen molar-refractivity contribution in [2.24, 2.45) is 0 Å². The first-order valence-electron chi connectivity index (χ1n) is 7.14. The third-order valence-electron chi connectivity index (χ3n) is 3.33. The Morgan fingerprint density at radius 2 is 2.27 bits per heavy atom. The van der Waals surface area contributed by atoms with Gasteiger partial charge in [-0.05, 0) is 20.8 Å². The van der Waals surface area contributed by atoms with E-state index in [1.54, 1.807) is 11.8 Å². The lowest BCUT2D eigenvalue weighted by Crippen LogP contribution is -2.39. The first-order chi connectivity index (χ1) is 10.3. The number of aryl methyl sites for hydroxylation is 1. The summed E-state index contributed by atoms with van der Waals surface area (Å²) >= 11 is 1.17. The monoisotopic (exact) mass is 324 g/mol. The second-order valence-corrected chi connectivity index (χ2v) is 6.55. The molecule has 1 aliphatic heterocycles. The summed E-state index contributed by atoms with van der Waals surface area (Å²) in [5.41, 5.74) is 0.380. The molecule has 0 unspecified atom stereocenters. The quantitative estimate of drug-likeness (QED) is 0.600. The number of hydrogen-bond donors (Lipinski definition) is 2. The summed E-state index contributed by atoms with van der Waals surface area (Å²) in [4.78, 5) is 43.5. The molecule has 2 rings (SSSR count). The Balaban J connectivity index is 1.84. The van der Waals surface area contributed by atoms with Gasteiger partial charge in [0.15, 0.2) is 5.16 Å². The minimum absolute atomic E-state index is 0.0673. The van der Waals surface area contributed by atoms with E-state index in [1.165, 1.54) is 17.8 Å². The molecule has 120 valence electrons. The van der Waals surface area contributed by atoms with Gasteiger partial charge in [0.1, 0.15) is 0 Å². The molecule has 0 aliphatic carbocycles. The smallest absolute Gasteiger partial charge is 0.251 e. The maximum Gasteiger partial charge on any atom is 0.251 e. The van der Waals surface area contributed by atoms with Gasteiger partial charge in [-0.3, -0.25) is 14.4 Å². The van der Waals surface area contributed by atoms with Gasteiger partial charge in [0.2, 0.25) is 11.8 Å². The maximum absolute atomic E-state index is 11.9. The molecule has 7 nitrogen and oxygen atoms in total. The molecule has 1 aliphatic rings. The van der Waals surface area contributed by atoms with Gasteiger partial charge in [-0.2, -0.15) is 0 Å². The molecule has 8 heteroatoms. The maximum atomic E-state index is 11.9. The number of aromatic nitrogens is 2. The number of amides is 2. The van der Waals surface area contributed by atoms with Gasteiger partial charge in [-0.15, -0.1) is 0 Å². The Morgan fingerprint density at radius 3 is 2.86 bits per heavy atom. The summed E-state index contributed by atoms with van der Waals surface area (Å²) in [6.45, 7) is 6.19. The van der Waals surface area contributed by atoms with E-state index in [-0.39, 0.29) is 35.2 Å². The Bertz CT molecular complexity index is 629. The van der Waals surface area contributed by atoms with Crippen LogP contribution in [0.5, 0.6) is 0 Å². The molecule has 1 atom stereocenters. The van der Waals surface area contributed by atoms with Crippen molar-refractivity contribution in [1.29, 1.82) is 0 Å². The fraction of sp³-hybridized carbons (Fsp3) is 0.571. The molecule has 2 amide bonds. The van der Waals surface area contributed by atoms with E-state index in [2.05, 4.69) is 15.3 Å². The van der Waals surface area contributed by atoms with Crippen LogP contribution < -0.4 is 10.9 Å². The molecule has 1 fully saturated rings. The van der Waals surface area contributed by atoms with Crippen LogP contribution in [-0.4, -0.2) is 51.1 Å². The first kappa shape index (κ1) is 16.5. The third kappa shape index (κ3) is 4.33. The van der Waals surface area contributed by atoms with Gasteiger partial charge in [0.05, 0.1) is 11.8 Å². The van der Waals surface area contributed by atoms with Crippen LogP contribution in [-0.2, 0) is 9.59 Å².